The summed E-state index contributed by atoms with van der Waals surface area (Å²) in [4.78, 5) is 17.0. The topological polar surface area (TPSA) is 98.7 Å². The number of hydrogen-bond donors (Lipinski definition) is 1. The van der Waals surface area contributed by atoms with Crippen molar-refractivity contribution in [3.8, 4) is 23.1 Å². The van der Waals surface area contributed by atoms with Crippen LogP contribution in [0.25, 0.3) is 23.1 Å². The molecule has 164 valence electrons. The number of thioether (sulfide) groups is 1. The molecule has 32 heavy (non-hydrogen) atoms. The van der Waals surface area contributed by atoms with E-state index in [2.05, 4.69) is 25.7 Å². The monoisotopic (exact) mass is 448 g/mol. The van der Waals surface area contributed by atoms with Crippen molar-refractivity contribution >= 4 is 23.4 Å². The minimum absolute atomic E-state index is 0.0980. The largest absolute Gasteiger partial charge is 0.330 e. The van der Waals surface area contributed by atoms with E-state index in [0.29, 0.717) is 29.2 Å². The zero-order valence-electron chi connectivity index (χ0n) is 18.4. The standard InChI is InChI=1S/C23H24N6O2S/c1-5-29-21(22-25-20(28-31-22)17-11-6-8-14(2)12-17)26-27-23(29)32-13-18(30)24-19-15(3)9-7-10-16(19)4/h6-12H,5,13H2,1-4H3,(H,24,30). The van der Waals surface area contributed by atoms with E-state index >= 15 is 0 Å². The first-order valence-electron chi connectivity index (χ1n) is 10.3. The smallest absolute Gasteiger partial charge is 0.296 e. The Labute approximate surface area is 190 Å². The van der Waals surface area contributed by atoms with Crippen molar-refractivity contribution in [3.63, 3.8) is 0 Å². The van der Waals surface area contributed by atoms with Crippen LogP contribution < -0.4 is 5.32 Å². The van der Waals surface area contributed by atoms with Gasteiger partial charge in [0.15, 0.2) is 5.16 Å². The average Bonchev–Trinajstić information content (AvgIpc) is 3.41. The molecular weight excluding hydrogens is 424 g/mol. The number of nitrogens with one attached hydrogen (secondary N) is 1. The summed E-state index contributed by atoms with van der Waals surface area (Å²) in [5.41, 5.74) is 4.90. The highest BCUT2D eigenvalue weighted by molar-refractivity contribution is 7.99. The zero-order chi connectivity index (χ0) is 22.7. The Morgan fingerprint density at radius 2 is 1.84 bits per heavy atom. The number of carbonyl (C=O) groups excluding carboxylic acids is 1. The fourth-order valence-electron chi connectivity index (χ4n) is 3.37. The van der Waals surface area contributed by atoms with E-state index in [-0.39, 0.29) is 11.7 Å². The summed E-state index contributed by atoms with van der Waals surface area (Å²) in [5, 5.41) is 16.2. The van der Waals surface area contributed by atoms with Gasteiger partial charge >= 0.3 is 0 Å². The molecule has 1 amide bonds. The number of benzene rings is 2. The van der Waals surface area contributed by atoms with Gasteiger partial charge in [0, 0.05) is 17.8 Å². The lowest BCUT2D eigenvalue weighted by Gasteiger charge is -2.11. The van der Waals surface area contributed by atoms with Crippen molar-refractivity contribution in [2.24, 2.45) is 0 Å². The molecule has 0 aliphatic rings. The summed E-state index contributed by atoms with van der Waals surface area (Å²) in [6, 6.07) is 13.8. The molecule has 4 rings (SSSR count). The van der Waals surface area contributed by atoms with E-state index in [4.69, 9.17) is 4.52 Å². The molecular formula is C23H24N6O2S. The fraction of sp³-hybridized carbons (Fsp3) is 0.261. The summed E-state index contributed by atoms with van der Waals surface area (Å²) in [6.45, 7) is 8.55. The molecule has 2 heterocycles. The Bertz CT molecular complexity index is 1240. The van der Waals surface area contributed by atoms with Crippen molar-refractivity contribution in [2.75, 3.05) is 11.1 Å². The predicted molar refractivity (Wildman–Crippen MR) is 124 cm³/mol. The predicted octanol–water partition coefficient (Wildman–Crippen LogP) is 4.67. The lowest BCUT2D eigenvalue weighted by Crippen LogP contribution is -2.16. The second-order valence-electron chi connectivity index (χ2n) is 7.45. The van der Waals surface area contributed by atoms with Crippen LogP contribution in [0, 0.1) is 20.8 Å². The van der Waals surface area contributed by atoms with Crippen LogP contribution in [-0.4, -0.2) is 36.6 Å². The van der Waals surface area contributed by atoms with Crippen LogP contribution in [0.2, 0.25) is 0 Å². The number of aromatic nitrogens is 5. The molecule has 1 N–H and O–H groups in total. The summed E-state index contributed by atoms with van der Waals surface area (Å²) in [5.74, 6) is 1.39. The van der Waals surface area contributed by atoms with Crippen LogP contribution in [0.15, 0.2) is 52.1 Å². The number of para-hydroxylation sites is 1. The number of rotatable bonds is 7. The van der Waals surface area contributed by atoms with Gasteiger partial charge in [0.05, 0.1) is 5.75 Å². The fourth-order valence-corrected chi connectivity index (χ4v) is 4.17. The van der Waals surface area contributed by atoms with Gasteiger partial charge in [0.25, 0.3) is 5.89 Å². The Hall–Kier alpha value is -3.46. The summed E-state index contributed by atoms with van der Waals surface area (Å²) in [7, 11) is 0. The number of carbonyl (C=O) groups is 1. The third-order valence-corrected chi connectivity index (χ3v) is 5.97. The Morgan fingerprint density at radius 1 is 1.09 bits per heavy atom. The Morgan fingerprint density at radius 3 is 2.56 bits per heavy atom. The van der Waals surface area contributed by atoms with Crippen molar-refractivity contribution in [1.82, 2.24) is 24.9 Å². The average molecular weight is 449 g/mol. The summed E-state index contributed by atoms with van der Waals surface area (Å²) in [6.07, 6.45) is 0. The normalized spacial score (nSPS) is 11.0. The maximum absolute atomic E-state index is 12.5. The van der Waals surface area contributed by atoms with E-state index in [1.165, 1.54) is 11.8 Å². The summed E-state index contributed by atoms with van der Waals surface area (Å²) >= 11 is 1.32. The third-order valence-electron chi connectivity index (χ3n) is 5.00. The molecule has 9 heteroatoms. The van der Waals surface area contributed by atoms with Crippen LogP contribution in [0.3, 0.4) is 0 Å². The van der Waals surface area contributed by atoms with Gasteiger partial charge in [-0.05, 0) is 44.9 Å². The molecule has 0 saturated heterocycles. The first-order chi connectivity index (χ1) is 15.5. The van der Waals surface area contributed by atoms with Crippen LogP contribution >= 0.6 is 11.8 Å². The molecule has 0 bridgehead atoms. The Balaban J connectivity index is 1.48. The minimum atomic E-state index is -0.0980. The molecule has 0 fully saturated rings. The Kier molecular flexibility index (Phi) is 6.36. The van der Waals surface area contributed by atoms with Crippen LogP contribution in [-0.2, 0) is 11.3 Å². The van der Waals surface area contributed by atoms with Crippen molar-refractivity contribution < 1.29 is 9.32 Å². The molecule has 0 aliphatic heterocycles. The third kappa shape index (κ3) is 4.57. The quantitative estimate of drug-likeness (QED) is 0.410. The summed E-state index contributed by atoms with van der Waals surface area (Å²) < 4.78 is 7.32. The second-order valence-corrected chi connectivity index (χ2v) is 8.39. The number of anilines is 1. The lowest BCUT2D eigenvalue weighted by atomic mass is 10.1. The van der Waals surface area contributed by atoms with Gasteiger partial charge in [0.2, 0.25) is 17.6 Å². The molecule has 0 saturated carbocycles. The molecule has 0 aliphatic carbocycles. The van der Waals surface area contributed by atoms with E-state index in [0.717, 1.165) is 27.9 Å². The highest BCUT2D eigenvalue weighted by Gasteiger charge is 2.20. The minimum Gasteiger partial charge on any atom is -0.330 e. The number of amides is 1. The maximum Gasteiger partial charge on any atom is 0.296 e. The van der Waals surface area contributed by atoms with Gasteiger partial charge < -0.3 is 9.84 Å². The second kappa shape index (κ2) is 9.35. The SMILES string of the molecule is CCn1c(SCC(=O)Nc2c(C)cccc2C)nnc1-c1nc(-c2cccc(C)c2)no1. The van der Waals surface area contributed by atoms with E-state index in [1.807, 2.05) is 74.7 Å². The van der Waals surface area contributed by atoms with Gasteiger partial charge in [-0.1, -0.05) is 58.9 Å². The molecule has 0 spiro atoms. The molecule has 8 nitrogen and oxygen atoms in total. The van der Waals surface area contributed by atoms with E-state index < -0.39 is 0 Å². The van der Waals surface area contributed by atoms with Crippen molar-refractivity contribution in [1.29, 1.82) is 0 Å². The first kappa shape index (κ1) is 21.8. The van der Waals surface area contributed by atoms with Gasteiger partial charge in [-0.25, -0.2) is 0 Å². The molecule has 2 aromatic heterocycles. The van der Waals surface area contributed by atoms with Gasteiger partial charge in [-0.3, -0.25) is 9.36 Å². The molecule has 0 atom stereocenters. The van der Waals surface area contributed by atoms with Gasteiger partial charge in [-0.15, -0.1) is 10.2 Å². The zero-order valence-corrected chi connectivity index (χ0v) is 19.2. The molecule has 0 radical (unpaired) electrons. The van der Waals surface area contributed by atoms with E-state index in [1.54, 1.807) is 0 Å². The van der Waals surface area contributed by atoms with Gasteiger partial charge in [-0.2, -0.15) is 4.98 Å². The van der Waals surface area contributed by atoms with Crippen LogP contribution in [0.4, 0.5) is 5.69 Å². The molecule has 2 aromatic carbocycles. The highest BCUT2D eigenvalue weighted by Crippen LogP contribution is 2.26. The highest BCUT2D eigenvalue weighted by atomic mass is 32.2. The van der Waals surface area contributed by atoms with Crippen LogP contribution in [0.5, 0.6) is 0 Å². The van der Waals surface area contributed by atoms with Gasteiger partial charge in [0.1, 0.15) is 0 Å². The first-order valence-corrected chi connectivity index (χ1v) is 11.3. The van der Waals surface area contributed by atoms with Crippen molar-refractivity contribution in [3.05, 3.63) is 59.2 Å². The number of nitrogens with zero attached hydrogens (tertiary/aromatic N) is 5. The molecule has 4 aromatic rings. The van der Waals surface area contributed by atoms with E-state index in [9.17, 15) is 4.79 Å². The lowest BCUT2D eigenvalue weighted by molar-refractivity contribution is -0.113. The maximum atomic E-state index is 12.5. The van der Waals surface area contributed by atoms with Crippen molar-refractivity contribution in [2.45, 2.75) is 39.4 Å². The number of aryl methyl sites for hydroxylation is 3. The molecule has 0 unspecified atom stereocenters. The number of hydrogen-bond acceptors (Lipinski definition) is 7. The van der Waals surface area contributed by atoms with Crippen LogP contribution in [0.1, 0.15) is 23.6 Å².